The topological polar surface area (TPSA) is 26.3 Å². The molecule has 15 heavy (non-hydrogen) atoms. The number of ketones is 1. The molecule has 0 amide bonds. The maximum absolute atomic E-state index is 13.4. The number of methoxy groups -OCH3 is 1. The second kappa shape index (κ2) is 4.91. The van der Waals surface area contributed by atoms with Crippen molar-refractivity contribution < 1.29 is 13.9 Å². The minimum atomic E-state index is -0.386. The van der Waals surface area contributed by atoms with Gasteiger partial charge >= 0.3 is 0 Å². The molecule has 82 valence electrons. The summed E-state index contributed by atoms with van der Waals surface area (Å²) >= 11 is 0. The summed E-state index contributed by atoms with van der Waals surface area (Å²) < 4.78 is 18.3. The number of halogens is 1. The number of Topliss-reactive ketones (excluding diaryl/α,β-unsaturated/α-hetero) is 1. The largest absolute Gasteiger partial charge is 0.497 e. The lowest BCUT2D eigenvalue weighted by Crippen LogP contribution is -2.11. The van der Waals surface area contributed by atoms with E-state index in [1.165, 1.54) is 13.2 Å². The zero-order valence-electron chi connectivity index (χ0n) is 9.21. The molecular weight excluding hydrogens is 195 g/mol. The van der Waals surface area contributed by atoms with Crippen LogP contribution in [-0.4, -0.2) is 12.9 Å². The van der Waals surface area contributed by atoms with Crippen molar-refractivity contribution in [1.29, 1.82) is 0 Å². The van der Waals surface area contributed by atoms with Crippen molar-refractivity contribution in [2.45, 2.75) is 20.3 Å². The number of ether oxygens (including phenoxy) is 1. The minimum absolute atomic E-state index is 0.0408. The number of rotatable bonds is 4. The lowest BCUT2D eigenvalue weighted by Gasteiger charge is -2.06. The molecule has 0 saturated carbocycles. The second-order valence-corrected chi connectivity index (χ2v) is 3.76. The van der Waals surface area contributed by atoms with Gasteiger partial charge in [0.1, 0.15) is 17.3 Å². The van der Waals surface area contributed by atoms with Crippen LogP contribution in [0.4, 0.5) is 4.39 Å². The lowest BCUT2D eigenvalue weighted by molar-refractivity contribution is -0.121. The van der Waals surface area contributed by atoms with Crippen molar-refractivity contribution in [3.05, 3.63) is 29.6 Å². The van der Waals surface area contributed by atoms with E-state index in [-0.39, 0.29) is 23.9 Å². The van der Waals surface area contributed by atoms with Crippen molar-refractivity contribution in [1.82, 2.24) is 0 Å². The summed E-state index contributed by atoms with van der Waals surface area (Å²) in [5.74, 6) is 0.0576. The van der Waals surface area contributed by atoms with E-state index in [2.05, 4.69) is 0 Å². The molecule has 0 fully saturated rings. The Morgan fingerprint density at radius 1 is 1.47 bits per heavy atom. The molecule has 0 heterocycles. The van der Waals surface area contributed by atoms with Gasteiger partial charge in [-0.3, -0.25) is 4.79 Å². The van der Waals surface area contributed by atoms with E-state index in [1.54, 1.807) is 12.1 Å². The molecular formula is C12H15FO2. The van der Waals surface area contributed by atoms with Crippen molar-refractivity contribution >= 4 is 5.78 Å². The van der Waals surface area contributed by atoms with Crippen LogP contribution in [0.15, 0.2) is 18.2 Å². The molecule has 0 bridgehead atoms. The first-order valence-corrected chi connectivity index (χ1v) is 4.89. The van der Waals surface area contributed by atoms with Crippen LogP contribution in [0.2, 0.25) is 0 Å². The lowest BCUT2D eigenvalue weighted by atomic mass is 10.0. The minimum Gasteiger partial charge on any atom is -0.497 e. The molecule has 1 aromatic carbocycles. The number of benzene rings is 1. The van der Waals surface area contributed by atoms with Gasteiger partial charge in [-0.15, -0.1) is 0 Å². The number of carbonyl (C=O) groups is 1. The van der Waals surface area contributed by atoms with Crippen molar-refractivity contribution in [3.63, 3.8) is 0 Å². The van der Waals surface area contributed by atoms with Crippen molar-refractivity contribution in [3.8, 4) is 5.75 Å². The summed E-state index contributed by atoms with van der Waals surface area (Å²) in [4.78, 5) is 11.4. The smallest absolute Gasteiger partial charge is 0.139 e. The van der Waals surface area contributed by atoms with Crippen molar-refractivity contribution in [2.24, 2.45) is 5.92 Å². The van der Waals surface area contributed by atoms with Gasteiger partial charge in [0, 0.05) is 18.4 Å². The van der Waals surface area contributed by atoms with Crippen LogP contribution in [0.5, 0.6) is 5.75 Å². The third-order valence-corrected chi connectivity index (χ3v) is 2.27. The monoisotopic (exact) mass is 210 g/mol. The van der Waals surface area contributed by atoms with Crippen LogP contribution < -0.4 is 4.74 Å². The van der Waals surface area contributed by atoms with E-state index in [0.717, 1.165) is 0 Å². The normalized spacial score (nSPS) is 10.5. The third kappa shape index (κ3) is 3.05. The molecule has 2 nitrogen and oxygen atoms in total. The molecule has 0 saturated heterocycles. The van der Waals surface area contributed by atoms with E-state index >= 15 is 0 Å². The summed E-state index contributed by atoms with van der Waals surface area (Å²) in [5.41, 5.74) is 0.425. The third-order valence-electron chi connectivity index (χ3n) is 2.27. The number of hydrogen-bond donors (Lipinski definition) is 0. The zero-order valence-corrected chi connectivity index (χ0v) is 9.21. The van der Waals surface area contributed by atoms with Gasteiger partial charge in [0.15, 0.2) is 0 Å². The van der Waals surface area contributed by atoms with Gasteiger partial charge < -0.3 is 4.74 Å². The summed E-state index contributed by atoms with van der Waals surface area (Å²) in [6, 6.07) is 4.55. The first-order valence-electron chi connectivity index (χ1n) is 4.89. The molecule has 0 radical (unpaired) electrons. The number of hydrogen-bond acceptors (Lipinski definition) is 2. The van der Waals surface area contributed by atoms with E-state index in [9.17, 15) is 9.18 Å². The van der Waals surface area contributed by atoms with Crippen LogP contribution in [0, 0.1) is 11.7 Å². The van der Waals surface area contributed by atoms with Crippen LogP contribution in [0.3, 0.4) is 0 Å². The second-order valence-electron chi connectivity index (χ2n) is 3.76. The van der Waals surface area contributed by atoms with E-state index < -0.39 is 0 Å². The van der Waals surface area contributed by atoms with E-state index in [1.807, 2.05) is 13.8 Å². The zero-order chi connectivity index (χ0) is 11.4. The quantitative estimate of drug-likeness (QED) is 0.763. The van der Waals surface area contributed by atoms with Crippen LogP contribution in [-0.2, 0) is 11.2 Å². The van der Waals surface area contributed by atoms with Gasteiger partial charge in [-0.05, 0) is 11.6 Å². The van der Waals surface area contributed by atoms with Crippen LogP contribution in [0.1, 0.15) is 19.4 Å². The van der Waals surface area contributed by atoms with E-state index in [0.29, 0.717) is 11.3 Å². The van der Waals surface area contributed by atoms with Gasteiger partial charge in [-0.2, -0.15) is 0 Å². The summed E-state index contributed by atoms with van der Waals surface area (Å²) in [6.45, 7) is 3.62. The predicted octanol–water partition coefficient (Wildman–Crippen LogP) is 2.60. The molecule has 0 aromatic heterocycles. The molecule has 3 heteroatoms. The molecule has 0 N–H and O–H groups in total. The highest BCUT2D eigenvalue weighted by Gasteiger charge is 2.11. The molecule has 0 atom stereocenters. The maximum Gasteiger partial charge on any atom is 0.139 e. The fourth-order valence-corrected chi connectivity index (χ4v) is 1.19. The summed E-state index contributed by atoms with van der Waals surface area (Å²) in [7, 11) is 1.48. The maximum atomic E-state index is 13.4. The van der Waals surface area contributed by atoms with Gasteiger partial charge in [-0.25, -0.2) is 4.39 Å². The highest BCUT2D eigenvalue weighted by atomic mass is 19.1. The summed E-state index contributed by atoms with van der Waals surface area (Å²) in [5, 5.41) is 0. The van der Waals surface area contributed by atoms with Crippen molar-refractivity contribution in [2.75, 3.05) is 7.11 Å². The molecule has 1 aromatic rings. The number of carbonyl (C=O) groups excluding carboxylic acids is 1. The molecule has 1 rings (SSSR count). The standard InChI is InChI=1S/C12H15FO2/c1-8(2)12(14)6-9-4-5-10(15-3)7-11(9)13/h4-5,7-8H,6H2,1-3H3. The van der Waals surface area contributed by atoms with Gasteiger partial charge in [-0.1, -0.05) is 19.9 Å². The molecule has 0 aliphatic carbocycles. The van der Waals surface area contributed by atoms with Crippen LogP contribution >= 0.6 is 0 Å². The predicted molar refractivity (Wildman–Crippen MR) is 56.5 cm³/mol. The Labute approximate surface area is 89.1 Å². The Morgan fingerprint density at radius 3 is 2.60 bits per heavy atom. The Bertz CT molecular complexity index is 359. The molecule has 0 aliphatic rings. The molecule has 0 aliphatic heterocycles. The first-order chi connectivity index (χ1) is 7.04. The first kappa shape index (κ1) is 11.7. The Morgan fingerprint density at radius 2 is 2.13 bits per heavy atom. The van der Waals surface area contributed by atoms with Gasteiger partial charge in [0.05, 0.1) is 7.11 Å². The Balaban J connectivity index is 2.83. The molecule has 0 unspecified atom stereocenters. The Hall–Kier alpha value is -1.38. The van der Waals surface area contributed by atoms with E-state index in [4.69, 9.17) is 4.74 Å². The SMILES string of the molecule is COc1ccc(CC(=O)C(C)C)c(F)c1. The Kier molecular flexibility index (Phi) is 3.83. The average molecular weight is 210 g/mol. The van der Waals surface area contributed by atoms with Crippen LogP contribution in [0.25, 0.3) is 0 Å². The summed E-state index contributed by atoms with van der Waals surface area (Å²) in [6.07, 6.45) is 0.146. The van der Waals surface area contributed by atoms with Gasteiger partial charge in [0.25, 0.3) is 0 Å². The molecule has 0 spiro atoms. The highest BCUT2D eigenvalue weighted by molar-refractivity contribution is 5.82. The average Bonchev–Trinajstić information content (AvgIpc) is 2.20. The fourth-order valence-electron chi connectivity index (χ4n) is 1.19. The van der Waals surface area contributed by atoms with Gasteiger partial charge in [0.2, 0.25) is 0 Å². The fraction of sp³-hybridized carbons (Fsp3) is 0.417. The highest BCUT2D eigenvalue weighted by Crippen LogP contribution is 2.17.